The van der Waals surface area contributed by atoms with Crippen molar-refractivity contribution < 1.29 is 22.8 Å². The maximum Gasteiger partial charge on any atom is 0.269 e. The molecule has 1 N–H and O–H groups in total. The standard InChI is InChI=1S/C23H25Cl2N3O5S/c1-3-19(22(30)26-4-2)27(14-16-17(24)9-7-10-18(16)25)21(29)12-13-28-23(31)15-8-5-6-11-20(15)34(28,32)33/h5-11,19H,3-4,12-14H2,1-2H3,(H,26,30)/t19-/m0/s1. The molecule has 2 aromatic carbocycles. The first-order valence-electron chi connectivity index (χ1n) is 10.8. The lowest BCUT2D eigenvalue weighted by molar-refractivity contribution is -0.141. The number of amides is 3. The average molecular weight is 526 g/mol. The third-order valence-corrected chi connectivity index (χ3v) is 8.12. The summed E-state index contributed by atoms with van der Waals surface area (Å²) in [5, 5.41) is 3.39. The van der Waals surface area contributed by atoms with Crippen molar-refractivity contribution >= 4 is 50.9 Å². The van der Waals surface area contributed by atoms with Gasteiger partial charge in [-0.2, -0.15) is 0 Å². The van der Waals surface area contributed by atoms with Gasteiger partial charge in [0.15, 0.2) is 0 Å². The lowest BCUT2D eigenvalue weighted by Gasteiger charge is -2.31. The van der Waals surface area contributed by atoms with E-state index >= 15 is 0 Å². The number of halogens is 2. The summed E-state index contributed by atoms with van der Waals surface area (Å²) < 4.78 is 26.3. The van der Waals surface area contributed by atoms with E-state index in [0.29, 0.717) is 32.9 Å². The van der Waals surface area contributed by atoms with Gasteiger partial charge >= 0.3 is 0 Å². The van der Waals surface area contributed by atoms with Crippen molar-refractivity contribution in [2.75, 3.05) is 13.1 Å². The van der Waals surface area contributed by atoms with Crippen molar-refractivity contribution in [3.05, 3.63) is 63.6 Å². The number of rotatable bonds is 9. The van der Waals surface area contributed by atoms with Crippen LogP contribution in [0.5, 0.6) is 0 Å². The molecule has 11 heteroatoms. The number of nitrogens with zero attached hydrogens (tertiary/aromatic N) is 2. The van der Waals surface area contributed by atoms with Crippen LogP contribution in [0.25, 0.3) is 0 Å². The van der Waals surface area contributed by atoms with Crippen LogP contribution in [0.15, 0.2) is 47.4 Å². The summed E-state index contributed by atoms with van der Waals surface area (Å²) in [6.45, 7) is 3.51. The molecule has 0 saturated carbocycles. The summed E-state index contributed by atoms with van der Waals surface area (Å²) in [6, 6.07) is 10.0. The molecule has 0 spiro atoms. The third kappa shape index (κ3) is 5.06. The zero-order valence-electron chi connectivity index (χ0n) is 18.8. The first-order valence-corrected chi connectivity index (χ1v) is 13.0. The highest BCUT2D eigenvalue weighted by atomic mass is 35.5. The SMILES string of the molecule is CCNC(=O)[C@H](CC)N(Cc1c(Cl)cccc1Cl)C(=O)CCN1C(=O)c2ccccc2S1(=O)=O. The highest BCUT2D eigenvalue weighted by molar-refractivity contribution is 7.90. The summed E-state index contributed by atoms with van der Waals surface area (Å²) in [4.78, 5) is 40.0. The molecular weight excluding hydrogens is 501 g/mol. The maximum atomic E-state index is 13.4. The molecule has 0 unspecified atom stereocenters. The normalized spacial score (nSPS) is 15.1. The molecule has 1 aliphatic heterocycles. The van der Waals surface area contributed by atoms with Crippen LogP contribution in [0.3, 0.4) is 0 Å². The number of sulfonamides is 1. The monoisotopic (exact) mass is 525 g/mol. The van der Waals surface area contributed by atoms with E-state index in [1.165, 1.54) is 23.1 Å². The number of carbonyl (C=O) groups is 3. The number of likely N-dealkylation sites (N-methyl/N-ethyl adjacent to an activating group) is 1. The first-order chi connectivity index (χ1) is 16.1. The van der Waals surface area contributed by atoms with E-state index < -0.39 is 27.9 Å². The van der Waals surface area contributed by atoms with Crippen LogP contribution >= 0.6 is 23.2 Å². The van der Waals surface area contributed by atoms with E-state index in [2.05, 4.69) is 5.32 Å². The van der Waals surface area contributed by atoms with Crippen LogP contribution in [0.2, 0.25) is 10.0 Å². The second-order valence-electron chi connectivity index (χ2n) is 7.67. The Labute approximate surface area is 208 Å². The highest BCUT2D eigenvalue weighted by Gasteiger charge is 2.41. The fourth-order valence-electron chi connectivity index (χ4n) is 3.86. The largest absolute Gasteiger partial charge is 0.355 e. The first kappa shape index (κ1) is 26.0. The second-order valence-corrected chi connectivity index (χ2v) is 10.3. The Morgan fingerprint density at radius 3 is 2.29 bits per heavy atom. The molecule has 3 amide bonds. The number of fused-ring (bicyclic) bond motifs is 1. The lowest BCUT2D eigenvalue weighted by Crippen LogP contribution is -2.49. The van der Waals surface area contributed by atoms with Gasteiger partial charge in [0.05, 0.1) is 5.56 Å². The fraction of sp³-hybridized carbons (Fsp3) is 0.348. The number of hydrogen-bond donors (Lipinski definition) is 1. The Kier molecular flexibility index (Phi) is 8.22. The van der Waals surface area contributed by atoms with Gasteiger partial charge in [0.25, 0.3) is 15.9 Å². The maximum absolute atomic E-state index is 13.4. The van der Waals surface area contributed by atoms with Crippen LogP contribution in [-0.4, -0.2) is 54.5 Å². The van der Waals surface area contributed by atoms with Crippen molar-refractivity contribution in [1.29, 1.82) is 0 Å². The number of carbonyl (C=O) groups excluding carboxylic acids is 3. The van der Waals surface area contributed by atoms with Crippen LogP contribution in [-0.2, 0) is 26.2 Å². The number of hydrogen-bond acceptors (Lipinski definition) is 5. The average Bonchev–Trinajstić information content (AvgIpc) is 2.99. The van der Waals surface area contributed by atoms with E-state index in [-0.39, 0.29) is 35.9 Å². The minimum absolute atomic E-state index is 0.0477. The molecule has 0 aromatic heterocycles. The third-order valence-electron chi connectivity index (χ3n) is 5.57. The van der Waals surface area contributed by atoms with Crippen molar-refractivity contribution in [2.45, 2.75) is 44.2 Å². The molecule has 1 aliphatic rings. The van der Waals surface area contributed by atoms with Gasteiger partial charge in [-0.3, -0.25) is 14.4 Å². The minimum Gasteiger partial charge on any atom is -0.355 e. The second kappa shape index (κ2) is 10.8. The van der Waals surface area contributed by atoms with Gasteiger partial charge in [-0.05, 0) is 37.6 Å². The molecule has 2 aromatic rings. The Bertz CT molecular complexity index is 1200. The van der Waals surface area contributed by atoms with Crippen molar-refractivity contribution in [2.24, 2.45) is 0 Å². The van der Waals surface area contributed by atoms with Crippen LogP contribution in [0, 0.1) is 0 Å². The van der Waals surface area contributed by atoms with Gasteiger partial charge in [-0.15, -0.1) is 0 Å². The lowest BCUT2D eigenvalue weighted by atomic mass is 10.1. The molecule has 0 bridgehead atoms. The summed E-state index contributed by atoms with van der Waals surface area (Å²) in [5.74, 6) is -1.54. The Hall–Kier alpha value is -2.62. The van der Waals surface area contributed by atoms with Crippen molar-refractivity contribution in [3.63, 3.8) is 0 Å². The Morgan fingerprint density at radius 1 is 1.06 bits per heavy atom. The fourth-order valence-corrected chi connectivity index (χ4v) is 5.94. The van der Waals surface area contributed by atoms with Gasteiger partial charge in [-0.25, -0.2) is 12.7 Å². The molecule has 34 heavy (non-hydrogen) atoms. The van der Waals surface area contributed by atoms with Crippen LogP contribution < -0.4 is 5.32 Å². The van der Waals surface area contributed by atoms with E-state index in [4.69, 9.17) is 23.2 Å². The van der Waals surface area contributed by atoms with E-state index in [1.807, 2.05) is 0 Å². The van der Waals surface area contributed by atoms with E-state index in [9.17, 15) is 22.8 Å². The van der Waals surface area contributed by atoms with E-state index in [0.717, 1.165) is 0 Å². The van der Waals surface area contributed by atoms with Gasteiger partial charge < -0.3 is 10.2 Å². The predicted octanol–water partition coefficient (Wildman–Crippen LogP) is 3.47. The molecule has 0 fully saturated rings. The molecule has 0 radical (unpaired) electrons. The smallest absolute Gasteiger partial charge is 0.269 e. The zero-order chi connectivity index (χ0) is 25.0. The molecule has 1 heterocycles. The Balaban J connectivity index is 1.87. The number of nitrogens with one attached hydrogen (secondary N) is 1. The van der Waals surface area contributed by atoms with Crippen LogP contribution in [0.4, 0.5) is 0 Å². The van der Waals surface area contributed by atoms with Gasteiger partial charge in [-0.1, -0.05) is 48.3 Å². The molecule has 8 nitrogen and oxygen atoms in total. The van der Waals surface area contributed by atoms with Gasteiger partial charge in [0.2, 0.25) is 11.8 Å². The number of benzene rings is 2. The van der Waals surface area contributed by atoms with Crippen LogP contribution in [0.1, 0.15) is 42.6 Å². The Morgan fingerprint density at radius 2 is 1.71 bits per heavy atom. The molecule has 1 atom stereocenters. The van der Waals surface area contributed by atoms with Crippen molar-refractivity contribution in [3.8, 4) is 0 Å². The molecule has 0 saturated heterocycles. The van der Waals surface area contributed by atoms with Crippen molar-refractivity contribution in [1.82, 2.24) is 14.5 Å². The summed E-state index contributed by atoms with van der Waals surface area (Å²) in [7, 11) is -4.05. The molecular formula is C23H25Cl2N3O5S. The molecule has 0 aliphatic carbocycles. The summed E-state index contributed by atoms with van der Waals surface area (Å²) in [6.07, 6.45) is 0.00294. The van der Waals surface area contributed by atoms with Gasteiger partial charge in [0, 0.05) is 41.7 Å². The molecule has 182 valence electrons. The molecule has 3 rings (SSSR count). The minimum atomic E-state index is -4.05. The quantitative estimate of drug-likeness (QED) is 0.539. The summed E-state index contributed by atoms with van der Waals surface area (Å²) >= 11 is 12.6. The highest BCUT2D eigenvalue weighted by Crippen LogP contribution is 2.31. The summed E-state index contributed by atoms with van der Waals surface area (Å²) in [5.41, 5.74) is 0.544. The predicted molar refractivity (Wildman–Crippen MR) is 129 cm³/mol. The topological polar surface area (TPSA) is 104 Å². The zero-order valence-corrected chi connectivity index (χ0v) is 21.1. The van der Waals surface area contributed by atoms with Gasteiger partial charge in [0.1, 0.15) is 10.9 Å². The van der Waals surface area contributed by atoms with E-state index in [1.54, 1.807) is 38.1 Å².